The number of benzene rings is 1. The number of hydrogen-bond donors (Lipinski definition) is 0. The molecule has 2 saturated heterocycles. The van der Waals surface area contributed by atoms with E-state index in [-0.39, 0.29) is 10.8 Å². The minimum Gasteiger partial charge on any atom is -0.378 e. The van der Waals surface area contributed by atoms with Crippen molar-refractivity contribution < 1.29 is 9.13 Å². The molecule has 0 N–H and O–H groups in total. The van der Waals surface area contributed by atoms with Crippen molar-refractivity contribution in [3.63, 3.8) is 0 Å². The van der Waals surface area contributed by atoms with E-state index >= 15 is 0 Å². The summed E-state index contributed by atoms with van der Waals surface area (Å²) in [5.74, 6) is 1.51. The highest BCUT2D eigenvalue weighted by Gasteiger charge is 2.20. The molecule has 0 atom stereocenters. The summed E-state index contributed by atoms with van der Waals surface area (Å²) >= 11 is 5.91. The zero-order valence-electron chi connectivity index (χ0n) is 14.4. The van der Waals surface area contributed by atoms with E-state index in [0.29, 0.717) is 0 Å². The molecule has 0 radical (unpaired) electrons. The first-order valence-corrected chi connectivity index (χ1v) is 9.18. The van der Waals surface area contributed by atoms with Gasteiger partial charge in [0.15, 0.2) is 0 Å². The maximum atomic E-state index is 13.4. The molecule has 4 rings (SSSR count). The van der Waals surface area contributed by atoms with Crippen molar-refractivity contribution >= 4 is 28.9 Å². The number of halogens is 2. The van der Waals surface area contributed by atoms with E-state index < -0.39 is 0 Å². The van der Waals surface area contributed by atoms with E-state index in [0.717, 1.165) is 69.8 Å². The third-order valence-electron chi connectivity index (χ3n) is 4.85. The molecule has 2 fully saturated rings. The molecule has 0 aliphatic carbocycles. The van der Waals surface area contributed by atoms with E-state index in [1.807, 2.05) is 0 Å². The second kappa shape index (κ2) is 7.63. The highest BCUT2D eigenvalue weighted by atomic mass is 35.5. The lowest BCUT2D eigenvalue weighted by molar-refractivity contribution is 0.122. The monoisotopic (exact) mass is 377 g/mol. The Morgan fingerprint density at radius 1 is 0.846 bits per heavy atom. The van der Waals surface area contributed by atoms with Crippen molar-refractivity contribution in [2.75, 3.05) is 67.2 Å². The van der Waals surface area contributed by atoms with Gasteiger partial charge in [0.2, 0.25) is 0 Å². The number of morpholine rings is 1. The van der Waals surface area contributed by atoms with Gasteiger partial charge in [0.05, 0.1) is 18.2 Å². The number of hydrogen-bond acceptors (Lipinski definition) is 6. The molecule has 0 saturated carbocycles. The Balaban J connectivity index is 1.42. The average Bonchev–Trinajstić information content (AvgIpc) is 2.71. The van der Waals surface area contributed by atoms with Crippen molar-refractivity contribution in [1.82, 2.24) is 9.97 Å². The molecule has 0 amide bonds. The molecule has 0 bridgehead atoms. The predicted molar refractivity (Wildman–Crippen MR) is 101 cm³/mol. The fraction of sp³-hybridized carbons (Fsp3) is 0.444. The van der Waals surface area contributed by atoms with Crippen LogP contribution in [0.4, 0.5) is 21.7 Å². The Labute approximate surface area is 157 Å². The zero-order valence-corrected chi connectivity index (χ0v) is 15.2. The molecule has 138 valence electrons. The highest BCUT2D eigenvalue weighted by molar-refractivity contribution is 6.31. The van der Waals surface area contributed by atoms with Gasteiger partial charge in [-0.2, -0.15) is 0 Å². The molecular weight excluding hydrogens is 357 g/mol. The summed E-state index contributed by atoms with van der Waals surface area (Å²) in [6.07, 6.45) is 1.63. The van der Waals surface area contributed by atoms with Crippen molar-refractivity contribution in [3.05, 3.63) is 41.4 Å². The lowest BCUT2D eigenvalue weighted by atomic mass is 10.2. The second-order valence-electron chi connectivity index (χ2n) is 6.41. The van der Waals surface area contributed by atoms with Gasteiger partial charge in [-0.15, -0.1) is 0 Å². The predicted octanol–water partition coefficient (Wildman–Crippen LogP) is 2.43. The Morgan fingerprint density at radius 2 is 1.46 bits per heavy atom. The van der Waals surface area contributed by atoms with Gasteiger partial charge in [-0.05, 0) is 18.2 Å². The molecule has 2 aliphatic rings. The van der Waals surface area contributed by atoms with Gasteiger partial charge >= 0.3 is 0 Å². The minimum absolute atomic E-state index is 0.163. The summed E-state index contributed by atoms with van der Waals surface area (Å²) < 4.78 is 18.8. The van der Waals surface area contributed by atoms with Crippen LogP contribution in [0, 0.1) is 5.82 Å². The van der Waals surface area contributed by atoms with E-state index in [1.54, 1.807) is 18.5 Å². The molecule has 6 nitrogen and oxygen atoms in total. The number of rotatable bonds is 3. The topological polar surface area (TPSA) is 44.7 Å². The van der Waals surface area contributed by atoms with Gasteiger partial charge < -0.3 is 19.4 Å². The standard InChI is InChI=1S/C18H21ClFN5O/c19-15-11-14(1-2-16(15)20)23-3-5-24(6-4-23)17-12-18(22-13-21-17)25-7-9-26-10-8-25/h1-2,11-13H,3-10H2. The molecule has 8 heteroatoms. The summed E-state index contributed by atoms with van der Waals surface area (Å²) in [4.78, 5) is 15.6. The van der Waals surface area contributed by atoms with E-state index in [4.69, 9.17) is 16.3 Å². The first-order valence-electron chi connectivity index (χ1n) is 8.80. The summed E-state index contributed by atoms with van der Waals surface area (Å²) in [6.45, 7) is 6.53. The van der Waals surface area contributed by atoms with E-state index in [9.17, 15) is 4.39 Å². The van der Waals surface area contributed by atoms with Crippen LogP contribution in [-0.4, -0.2) is 62.5 Å². The number of ether oxygens (including phenoxy) is 1. The number of anilines is 3. The van der Waals surface area contributed by atoms with Crippen LogP contribution in [0.1, 0.15) is 0 Å². The number of aromatic nitrogens is 2. The lowest BCUT2D eigenvalue weighted by Gasteiger charge is -2.37. The maximum absolute atomic E-state index is 13.4. The zero-order chi connectivity index (χ0) is 17.9. The van der Waals surface area contributed by atoms with Crippen LogP contribution in [-0.2, 0) is 4.74 Å². The van der Waals surface area contributed by atoms with E-state index in [1.165, 1.54) is 6.07 Å². The molecule has 26 heavy (non-hydrogen) atoms. The van der Waals surface area contributed by atoms with Crippen molar-refractivity contribution in [1.29, 1.82) is 0 Å². The summed E-state index contributed by atoms with van der Waals surface area (Å²) in [7, 11) is 0. The van der Waals surface area contributed by atoms with E-state index in [2.05, 4.69) is 30.7 Å². The fourth-order valence-corrected chi connectivity index (χ4v) is 3.53. The van der Waals surface area contributed by atoms with Gasteiger partial charge in [-0.3, -0.25) is 0 Å². The largest absolute Gasteiger partial charge is 0.378 e. The molecule has 2 aromatic rings. The lowest BCUT2D eigenvalue weighted by Crippen LogP contribution is -2.47. The van der Waals surface area contributed by atoms with Gasteiger partial charge in [0.1, 0.15) is 23.8 Å². The molecule has 1 aromatic heterocycles. The SMILES string of the molecule is Fc1ccc(N2CCN(c3cc(N4CCOCC4)ncn3)CC2)cc1Cl. The number of nitrogens with zero attached hydrogens (tertiary/aromatic N) is 5. The van der Waals surface area contributed by atoms with Crippen molar-refractivity contribution in [2.24, 2.45) is 0 Å². The van der Waals surface area contributed by atoms with Crippen LogP contribution in [0.2, 0.25) is 5.02 Å². The Bertz CT molecular complexity index is 763. The molecule has 3 heterocycles. The quantitative estimate of drug-likeness (QED) is 0.818. The highest BCUT2D eigenvalue weighted by Crippen LogP contribution is 2.25. The average molecular weight is 378 g/mol. The van der Waals surface area contributed by atoms with Crippen molar-refractivity contribution in [2.45, 2.75) is 0 Å². The van der Waals surface area contributed by atoms with Gasteiger partial charge in [-0.25, -0.2) is 14.4 Å². The normalized spacial score (nSPS) is 18.3. The molecule has 0 unspecified atom stereocenters. The first-order chi connectivity index (χ1) is 12.7. The van der Waals surface area contributed by atoms with Crippen molar-refractivity contribution in [3.8, 4) is 0 Å². The first kappa shape index (κ1) is 17.3. The molecular formula is C18H21ClFN5O. The molecule has 1 aromatic carbocycles. The molecule has 2 aliphatic heterocycles. The Morgan fingerprint density at radius 3 is 2.12 bits per heavy atom. The van der Waals surface area contributed by atoms with Crippen LogP contribution < -0.4 is 14.7 Å². The summed E-state index contributed by atoms with van der Waals surface area (Å²) in [5, 5.41) is 0.163. The maximum Gasteiger partial charge on any atom is 0.141 e. The van der Waals surface area contributed by atoms with Gasteiger partial charge in [0, 0.05) is 51.0 Å². The smallest absolute Gasteiger partial charge is 0.141 e. The van der Waals surface area contributed by atoms with Crippen LogP contribution in [0.5, 0.6) is 0 Å². The van der Waals surface area contributed by atoms with Gasteiger partial charge in [-0.1, -0.05) is 11.6 Å². The van der Waals surface area contributed by atoms with Crippen LogP contribution in [0.25, 0.3) is 0 Å². The third kappa shape index (κ3) is 3.68. The van der Waals surface area contributed by atoms with Crippen LogP contribution in [0.3, 0.4) is 0 Å². The van der Waals surface area contributed by atoms with Crippen LogP contribution in [0.15, 0.2) is 30.6 Å². The Kier molecular flexibility index (Phi) is 5.08. The second-order valence-corrected chi connectivity index (χ2v) is 6.81. The summed E-state index contributed by atoms with van der Waals surface area (Å²) in [5.41, 5.74) is 0.952. The Hall–Kier alpha value is -2.12. The molecule has 0 spiro atoms. The number of piperazine rings is 1. The van der Waals surface area contributed by atoms with Crippen LogP contribution >= 0.6 is 11.6 Å². The summed E-state index contributed by atoms with van der Waals surface area (Å²) in [6, 6.07) is 6.94. The third-order valence-corrected chi connectivity index (χ3v) is 5.13. The minimum atomic E-state index is -0.384. The van der Waals surface area contributed by atoms with Gasteiger partial charge in [0.25, 0.3) is 0 Å². The fourth-order valence-electron chi connectivity index (χ4n) is 3.35.